The number of carbonyl (C=O) groups is 2. The van der Waals surface area contributed by atoms with Crippen molar-refractivity contribution in [3.05, 3.63) is 82.9 Å². The molecule has 0 saturated heterocycles. The van der Waals surface area contributed by atoms with E-state index in [-0.39, 0.29) is 12.4 Å². The average Bonchev–Trinajstić information content (AvgIpc) is 2.84. The number of rotatable bonds is 9. The summed E-state index contributed by atoms with van der Waals surface area (Å²) in [6, 6.07) is 18.1. The molecule has 0 heterocycles. The fourth-order valence-electron chi connectivity index (χ4n) is 2.63. The third-order valence-electron chi connectivity index (χ3n) is 4.30. The Bertz CT molecular complexity index is 1130. The lowest BCUT2D eigenvalue weighted by atomic mass is 10.2. The Morgan fingerprint density at radius 1 is 0.909 bits per heavy atom. The summed E-state index contributed by atoms with van der Waals surface area (Å²) in [7, 11) is 3.02. The molecular formula is C24H21ClN2O6. The molecule has 0 fully saturated rings. The van der Waals surface area contributed by atoms with E-state index in [0.717, 1.165) is 0 Å². The van der Waals surface area contributed by atoms with Gasteiger partial charge in [0.1, 0.15) is 11.5 Å². The highest BCUT2D eigenvalue weighted by Crippen LogP contribution is 2.28. The van der Waals surface area contributed by atoms with E-state index in [4.69, 9.17) is 30.5 Å². The van der Waals surface area contributed by atoms with Gasteiger partial charge in [-0.1, -0.05) is 11.6 Å². The minimum Gasteiger partial charge on any atom is -0.497 e. The Balaban J connectivity index is 1.54. The van der Waals surface area contributed by atoms with Crippen LogP contribution in [0.5, 0.6) is 23.0 Å². The molecule has 0 atom stereocenters. The van der Waals surface area contributed by atoms with Crippen LogP contribution in [0, 0.1) is 0 Å². The van der Waals surface area contributed by atoms with Crippen molar-refractivity contribution in [3.8, 4) is 23.0 Å². The van der Waals surface area contributed by atoms with Gasteiger partial charge < -0.3 is 18.9 Å². The van der Waals surface area contributed by atoms with Crippen molar-refractivity contribution in [1.29, 1.82) is 0 Å². The van der Waals surface area contributed by atoms with Crippen LogP contribution in [0.4, 0.5) is 0 Å². The quantitative estimate of drug-likeness (QED) is 0.220. The molecule has 3 aromatic carbocycles. The largest absolute Gasteiger partial charge is 0.497 e. The van der Waals surface area contributed by atoms with Crippen molar-refractivity contribution in [2.45, 2.75) is 0 Å². The Hall–Kier alpha value is -4.04. The summed E-state index contributed by atoms with van der Waals surface area (Å²) in [6.07, 6.45) is 1.43. The van der Waals surface area contributed by atoms with E-state index < -0.39 is 11.9 Å². The molecule has 0 aliphatic heterocycles. The Labute approximate surface area is 195 Å². The van der Waals surface area contributed by atoms with Crippen LogP contribution in [0.15, 0.2) is 71.8 Å². The lowest BCUT2D eigenvalue weighted by Gasteiger charge is -2.10. The number of hydrogen-bond donors (Lipinski definition) is 1. The Morgan fingerprint density at radius 2 is 1.61 bits per heavy atom. The number of amides is 1. The summed E-state index contributed by atoms with van der Waals surface area (Å²) in [6.45, 7) is -0.202. The number of hydrogen-bond acceptors (Lipinski definition) is 7. The molecule has 3 aromatic rings. The normalized spacial score (nSPS) is 10.5. The molecule has 0 saturated carbocycles. The lowest BCUT2D eigenvalue weighted by molar-refractivity contribution is -0.123. The van der Waals surface area contributed by atoms with Crippen molar-refractivity contribution >= 4 is 29.7 Å². The third-order valence-corrected chi connectivity index (χ3v) is 4.55. The zero-order valence-electron chi connectivity index (χ0n) is 17.9. The zero-order valence-corrected chi connectivity index (χ0v) is 18.7. The maximum Gasteiger partial charge on any atom is 0.343 e. The molecule has 0 bridgehead atoms. The number of halogens is 1. The van der Waals surface area contributed by atoms with Gasteiger partial charge in [-0.2, -0.15) is 5.10 Å². The molecule has 8 nitrogen and oxygen atoms in total. The molecular weight excluding hydrogens is 448 g/mol. The van der Waals surface area contributed by atoms with Crippen molar-refractivity contribution < 1.29 is 28.5 Å². The summed E-state index contributed by atoms with van der Waals surface area (Å²) < 4.78 is 21.1. The van der Waals surface area contributed by atoms with E-state index in [1.54, 1.807) is 73.8 Å². The van der Waals surface area contributed by atoms with Gasteiger partial charge in [-0.25, -0.2) is 10.2 Å². The monoisotopic (exact) mass is 468 g/mol. The summed E-state index contributed by atoms with van der Waals surface area (Å²) in [4.78, 5) is 24.2. The Morgan fingerprint density at radius 3 is 2.27 bits per heavy atom. The van der Waals surface area contributed by atoms with Crippen LogP contribution >= 0.6 is 11.6 Å². The molecule has 9 heteroatoms. The first-order chi connectivity index (χ1) is 16.0. The number of ether oxygens (including phenoxy) is 4. The second kappa shape index (κ2) is 11.5. The molecule has 0 aliphatic carbocycles. The number of benzene rings is 3. The molecule has 170 valence electrons. The number of hydrazone groups is 1. The zero-order chi connectivity index (χ0) is 23.6. The molecule has 3 rings (SSSR count). The fourth-order valence-corrected chi connectivity index (χ4v) is 2.75. The maximum absolute atomic E-state index is 12.3. The number of esters is 1. The van der Waals surface area contributed by atoms with Gasteiger partial charge in [-0.15, -0.1) is 0 Å². The summed E-state index contributed by atoms with van der Waals surface area (Å²) in [5, 5.41) is 4.42. The molecule has 0 radical (unpaired) electrons. The number of nitrogens with zero attached hydrogens (tertiary/aromatic N) is 1. The van der Waals surface area contributed by atoms with Gasteiger partial charge in [0.15, 0.2) is 18.1 Å². The molecule has 0 aliphatic rings. The SMILES string of the molecule is COc1ccc(OCC(=O)N/N=C/c2ccc(OC(=O)c3ccc(Cl)cc3)c(OC)c2)cc1. The van der Waals surface area contributed by atoms with Gasteiger partial charge in [0, 0.05) is 5.02 Å². The van der Waals surface area contributed by atoms with Crippen LogP contribution in [-0.4, -0.2) is 38.9 Å². The van der Waals surface area contributed by atoms with E-state index in [2.05, 4.69) is 10.5 Å². The predicted molar refractivity (Wildman–Crippen MR) is 124 cm³/mol. The van der Waals surface area contributed by atoms with Crippen LogP contribution < -0.4 is 24.4 Å². The summed E-state index contributed by atoms with van der Waals surface area (Å²) in [5.74, 6) is 0.820. The average molecular weight is 469 g/mol. The molecule has 1 amide bonds. The summed E-state index contributed by atoms with van der Waals surface area (Å²) in [5.41, 5.74) is 3.35. The molecule has 1 N–H and O–H groups in total. The van der Waals surface area contributed by atoms with Crippen molar-refractivity contribution in [1.82, 2.24) is 5.43 Å². The standard InChI is InChI=1S/C24H21ClN2O6/c1-30-19-8-10-20(11-9-19)32-15-23(28)27-26-14-16-3-12-21(22(13-16)31-2)33-24(29)17-4-6-18(25)7-5-17/h3-14H,15H2,1-2H3,(H,27,28)/b26-14+. The van der Waals surface area contributed by atoms with Crippen molar-refractivity contribution in [2.75, 3.05) is 20.8 Å². The van der Waals surface area contributed by atoms with Crippen LogP contribution in [0.2, 0.25) is 5.02 Å². The van der Waals surface area contributed by atoms with E-state index >= 15 is 0 Å². The predicted octanol–water partition coefficient (Wildman–Crippen LogP) is 4.11. The van der Waals surface area contributed by atoms with Gasteiger partial charge in [0.05, 0.1) is 26.0 Å². The van der Waals surface area contributed by atoms with Crippen LogP contribution in [0.25, 0.3) is 0 Å². The van der Waals surface area contributed by atoms with Gasteiger partial charge in [0.2, 0.25) is 0 Å². The van der Waals surface area contributed by atoms with Crippen LogP contribution in [0.3, 0.4) is 0 Å². The van der Waals surface area contributed by atoms with Gasteiger partial charge in [-0.05, 0) is 72.3 Å². The van der Waals surface area contributed by atoms with Crippen molar-refractivity contribution in [3.63, 3.8) is 0 Å². The maximum atomic E-state index is 12.3. The second-order valence-corrected chi connectivity index (χ2v) is 7.00. The summed E-state index contributed by atoms with van der Waals surface area (Å²) >= 11 is 5.84. The van der Waals surface area contributed by atoms with Crippen LogP contribution in [0.1, 0.15) is 15.9 Å². The number of carbonyl (C=O) groups excluding carboxylic acids is 2. The minimum atomic E-state index is -0.546. The van der Waals surface area contributed by atoms with Crippen molar-refractivity contribution in [2.24, 2.45) is 5.10 Å². The number of nitrogens with one attached hydrogen (secondary N) is 1. The highest BCUT2D eigenvalue weighted by atomic mass is 35.5. The fraction of sp³-hybridized carbons (Fsp3) is 0.125. The Kier molecular flexibility index (Phi) is 8.26. The second-order valence-electron chi connectivity index (χ2n) is 6.56. The van der Waals surface area contributed by atoms with E-state index in [1.165, 1.54) is 13.3 Å². The lowest BCUT2D eigenvalue weighted by Crippen LogP contribution is -2.24. The molecule has 0 aromatic heterocycles. The first kappa shape index (κ1) is 23.6. The van der Waals surface area contributed by atoms with Gasteiger partial charge in [-0.3, -0.25) is 4.79 Å². The molecule has 0 unspecified atom stereocenters. The van der Waals surface area contributed by atoms with E-state index in [1.807, 2.05) is 0 Å². The first-order valence-electron chi connectivity index (χ1n) is 9.73. The third kappa shape index (κ3) is 6.98. The first-order valence-corrected chi connectivity index (χ1v) is 10.1. The minimum absolute atomic E-state index is 0.202. The highest BCUT2D eigenvalue weighted by Gasteiger charge is 2.13. The van der Waals surface area contributed by atoms with Gasteiger partial charge in [0.25, 0.3) is 5.91 Å². The smallest absolute Gasteiger partial charge is 0.343 e. The number of methoxy groups -OCH3 is 2. The topological polar surface area (TPSA) is 95.5 Å². The molecule has 33 heavy (non-hydrogen) atoms. The highest BCUT2D eigenvalue weighted by molar-refractivity contribution is 6.30. The van der Waals surface area contributed by atoms with Gasteiger partial charge >= 0.3 is 5.97 Å². The molecule has 0 spiro atoms. The van der Waals surface area contributed by atoms with Crippen LogP contribution in [-0.2, 0) is 4.79 Å². The van der Waals surface area contributed by atoms with E-state index in [0.29, 0.717) is 33.4 Å². The van der Waals surface area contributed by atoms with E-state index in [9.17, 15) is 9.59 Å².